The van der Waals surface area contributed by atoms with Crippen molar-refractivity contribution >= 4 is 17.3 Å². The Morgan fingerprint density at radius 3 is 2.57 bits per heavy atom. The van der Waals surface area contributed by atoms with Gasteiger partial charge in [-0.25, -0.2) is 0 Å². The highest BCUT2D eigenvalue weighted by atomic mass is 19.3. The zero-order chi connectivity index (χ0) is 25.6. The molecule has 1 amide bonds. The van der Waals surface area contributed by atoms with Crippen molar-refractivity contribution in [1.82, 2.24) is 0 Å². The minimum atomic E-state index is -3.29. The number of halogens is 2. The van der Waals surface area contributed by atoms with Gasteiger partial charge in [-0.15, -0.1) is 0 Å². The zero-order valence-corrected chi connectivity index (χ0v) is 21.0. The third-order valence-corrected chi connectivity index (χ3v) is 6.37. The van der Waals surface area contributed by atoms with Crippen LogP contribution in [0.15, 0.2) is 36.4 Å². The normalized spacial score (nSPS) is 15.1. The monoisotopic (exact) mass is 486 g/mol. The second-order valence-corrected chi connectivity index (χ2v) is 8.84. The van der Waals surface area contributed by atoms with E-state index in [0.29, 0.717) is 24.0 Å². The van der Waals surface area contributed by atoms with Gasteiger partial charge in [-0.3, -0.25) is 4.79 Å². The lowest BCUT2D eigenvalue weighted by molar-refractivity contribution is -0.916. The molecule has 1 unspecified atom stereocenters. The molecule has 0 saturated heterocycles. The van der Waals surface area contributed by atoms with Crippen LogP contribution in [0.5, 0.6) is 11.5 Å². The van der Waals surface area contributed by atoms with Crippen molar-refractivity contribution in [2.75, 3.05) is 43.4 Å². The highest BCUT2D eigenvalue weighted by Crippen LogP contribution is 2.34. The number of alkyl halides is 2. The maximum Gasteiger partial charge on any atom is 0.394 e. The van der Waals surface area contributed by atoms with E-state index >= 15 is 0 Å². The van der Waals surface area contributed by atoms with Gasteiger partial charge in [0.15, 0.2) is 6.10 Å². The van der Waals surface area contributed by atoms with Crippen molar-refractivity contribution in [3.05, 3.63) is 47.5 Å². The molecular formula is C27H34F2N3O3+. The van der Waals surface area contributed by atoms with Crippen LogP contribution in [0, 0.1) is 18.8 Å². The molecule has 1 atom stereocenters. The summed E-state index contributed by atoms with van der Waals surface area (Å²) in [6.45, 7) is 13.2. The Kier molecular flexibility index (Phi) is 8.23. The highest BCUT2D eigenvalue weighted by Gasteiger charge is 2.28. The SMILES string of the molecule is CC[N+](CC)(CC)CC#Cc1cc(C)ccc1NC(=O)C1CNc2cc(OC(C)(F)F)ccc2O1. The average molecular weight is 487 g/mol. The van der Waals surface area contributed by atoms with E-state index < -0.39 is 12.2 Å². The molecule has 0 aliphatic carbocycles. The van der Waals surface area contributed by atoms with E-state index in [1.165, 1.54) is 18.2 Å². The van der Waals surface area contributed by atoms with Gasteiger partial charge in [0.25, 0.3) is 5.91 Å². The van der Waals surface area contributed by atoms with Crippen LogP contribution in [0.4, 0.5) is 20.2 Å². The number of benzene rings is 2. The maximum atomic E-state index is 13.1. The van der Waals surface area contributed by atoms with Gasteiger partial charge in [0.05, 0.1) is 37.6 Å². The van der Waals surface area contributed by atoms with Crippen LogP contribution in [-0.4, -0.2) is 55.3 Å². The van der Waals surface area contributed by atoms with Crippen molar-refractivity contribution in [2.24, 2.45) is 0 Å². The number of carbonyl (C=O) groups excluding carboxylic acids is 1. The lowest BCUT2D eigenvalue weighted by Gasteiger charge is -2.33. The summed E-state index contributed by atoms with van der Waals surface area (Å²) >= 11 is 0. The van der Waals surface area contributed by atoms with Crippen molar-refractivity contribution in [3.63, 3.8) is 0 Å². The molecule has 2 aromatic carbocycles. The van der Waals surface area contributed by atoms with Gasteiger partial charge >= 0.3 is 6.11 Å². The maximum absolute atomic E-state index is 13.1. The molecule has 1 heterocycles. The third-order valence-electron chi connectivity index (χ3n) is 6.37. The molecule has 6 nitrogen and oxygen atoms in total. The molecule has 0 saturated carbocycles. The summed E-state index contributed by atoms with van der Waals surface area (Å²) in [5.41, 5.74) is 2.92. The predicted octanol–water partition coefficient (Wildman–Crippen LogP) is 5.03. The van der Waals surface area contributed by atoms with Gasteiger partial charge in [-0.2, -0.15) is 8.78 Å². The standard InChI is InChI=1S/C27H33F2N3O3/c1-6-32(7-2,8-3)15-9-10-20-16-19(4)11-13-22(20)31-26(33)25-18-30-23-17-21(35-27(5,28)29)12-14-24(23)34-25/h11-14,16-17,25,30H,6-8,15,18H2,1-5H3/p+1. The Bertz CT molecular complexity index is 1110. The Hall–Kier alpha value is -3.31. The molecule has 1 aliphatic heterocycles. The van der Waals surface area contributed by atoms with E-state index in [1.807, 2.05) is 25.1 Å². The molecule has 0 fully saturated rings. The number of nitrogens with zero attached hydrogens (tertiary/aromatic N) is 1. The fourth-order valence-electron chi connectivity index (χ4n) is 3.96. The first-order chi connectivity index (χ1) is 16.6. The van der Waals surface area contributed by atoms with Crippen LogP contribution >= 0.6 is 0 Å². The molecule has 0 bridgehead atoms. The van der Waals surface area contributed by atoms with Crippen molar-refractivity contribution in [1.29, 1.82) is 0 Å². The zero-order valence-electron chi connectivity index (χ0n) is 21.0. The Morgan fingerprint density at radius 1 is 1.20 bits per heavy atom. The van der Waals surface area contributed by atoms with E-state index in [1.54, 1.807) is 0 Å². The number of ether oxygens (including phenoxy) is 2. The minimum absolute atomic E-state index is 0.00924. The number of nitrogens with one attached hydrogen (secondary N) is 2. The second-order valence-electron chi connectivity index (χ2n) is 8.84. The van der Waals surface area contributed by atoms with E-state index in [2.05, 4.69) is 48.0 Å². The molecule has 2 aromatic rings. The van der Waals surface area contributed by atoms with Gasteiger partial charge in [0.1, 0.15) is 18.0 Å². The smallest absolute Gasteiger partial charge is 0.394 e. The Morgan fingerprint density at radius 2 is 1.91 bits per heavy atom. The van der Waals surface area contributed by atoms with E-state index in [-0.39, 0.29) is 18.2 Å². The Balaban J connectivity index is 1.72. The van der Waals surface area contributed by atoms with Crippen molar-refractivity contribution in [2.45, 2.75) is 46.8 Å². The number of anilines is 2. The average Bonchev–Trinajstić information content (AvgIpc) is 2.82. The predicted molar refractivity (Wildman–Crippen MR) is 134 cm³/mol. The van der Waals surface area contributed by atoms with Crippen molar-refractivity contribution < 1.29 is 27.5 Å². The van der Waals surface area contributed by atoms with Crippen LogP contribution in [0.3, 0.4) is 0 Å². The van der Waals surface area contributed by atoms with Crippen LogP contribution in [0.2, 0.25) is 0 Å². The van der Waals surface area contributed by atoms with E-state index in [9.17, 15) is 13.6 Å². The summed E-state index contributed by atoms with van der Waals surface area (Å²) in [5, 5.41) is 5.99. The van der Waals surface area contributed by atoms with Crippen LogP contribution < -0.4 is 20.1 Å². The molecule has 2 N–H and O–H groups in total. The third kappa shape index (κ3) is 6.86. The lowest BCUT2D eigenvalue weighted by Crippen LogP contribution is -2.47. The quantitative estimate of drug-likeness (QED) is 0.406. The molecule has 0 aromatic heterocycles. The number of aryl methyl sites for hydroxylation is 1. The number of quaternary nitrogens is 1. The number of carbonyl (C=O) groups is 1. The minimum Gasteiger partial charge on any atom is -0.477 e. The first-order valence-electron chi connectivity index (χ1n) is 11.9. The summed E-state index contributed by atoms with van der Waals surface area (Å²) in [5.74, 6) is 6.64. The molecule has 0 radical (unpaired) electrons. The van der Waals surface area contributed by atoms with Crippen LogP contribution in [-0.2, 0) is 4.79 Å². The molecular weight excluding hydrogens is 452 g/mol. The fraction of sp³-hybridized carbons (Fsp3) is 0.444. The number of hydrogen-bond acceptors (Lipinski definition) is 4. The van der Waals surface area contributed by atoms with Gasteiger partial charge in [-0.1, -0.05) is 12.0 Å². The number of rotatable bonds is 8. The Labute approximate surface area is 206 Å². The summed E-state index contributed by atoms with van der Waals surface area (Å²) in [7, 11) is 0. The topological polar surface area (TPSA) is 59.6 Å². The summed E-state index contributed by atoms with van der Waals surface area (Å²) < 4.78 is 37.6. The van der Waals surface area contributed by atoms with Crippen LogP contribution in [0.1, 0.15) is 38.8 Å². The summed E-state index contributed by atoms with van der Waals surface area (Å²) in [4.78, 5) is 13.0. The highest BCUT2D eigenvalue weighted by molar-refractivity contribution is 5.96. The molecule has 0 spiro atoms. The lowest BCUT2D eigenvalue weighted by atomic mass is 10.1. The summed E-state index contributed by atoms with van der Waals surface area (Å²) in [6.07, 6.45) is -4.08. The van der Waals surface area contributed by atoms with E-state index in [4.69, 9.17) is 4.74 Å². The van der Waals surface area contributed by atoms with Crippen molar-refractivity contribution in [3.8, 4) is 23.3 Å². The molecule has 1 aliphatic rings. The fourth-order valence-corrected chi connectivity index (χ4v) is 3.96. The van der Waals surface area contributed by atoms with Gasteiger partial charge in [0.2, 0.25) is 0 Å². The number of hydrogen-bond donors (Lipinski definition) is 2. The number of amides is 1. The second kappa shape index (κ2) is 11.0. The molecule has 35 heavy (non-hydrogen) atoms. The molecule has 3 rings (SSSR count). The first kappa shape index (κ1) is 26.3. The molecule has 188 valence electrons. The largest absolute Gasteiger partial charge is 0.477 e. The first-order valence-corrected chi connectivity index (χ1v) is 11.9. The van der Waals surface area contributed by atoms with Crippen LogP contribution in [0.25, 0.3) is 0 Å². The van der Waals surface area contributed by atoms with Gasteiger partial charge in [0, 0.05) is 18.6 Å². The molecule has 8 heteroatoms. The summed E-state index contributed by atoms with van der Waals surface area (Å²) in [6, 6.07) is 10.0. The number of fused-ring (bicyclic) bond motifs is 1. The van der Waals surface area contributed by atoms with E-state index in [0.717, 1.165) is 41.8 Å². The van der Waals surface area contributed by atoms with Gasteiger partial charge in [-0.05, 0) is 63.4 Å². The van der Waals surface area contributed by atoms with Gasteiger partial charge < -0.3 is 24.6 Å².